The molecule has 2 aromatic rings. The third kappa shape index (κ3) is 6.05. The fourth-order valence-electron chi connectivity index (χ4n) is 2.89. The van der Waals surface area contributed by atoms with Crippen molar-refractivity contribution >= 4 is 29.5 Å². The summed E-state index contributed by atoms with van der Waals surface area (Å²) in [5.74, 6) is -0.674. The fourth-order valence-corrected chi connectivity index (χ4v) is 2.89. The average Bonchev–Trinajstić information content (AvgIpc) is 2.79. The lowest BCUT2D eigenvalue weighted by Crippen LogP contribution is -2.36. The van der Waals surface area contributed by atoms with E-state index < -0.39 is 18.0 Å². The number of carbonyl (C=O) groups is 3. The highest BCUT2D eigenvalue weighted by Crippen LogP contribution is 2.19. The third-order valence-corrected chi connectivity index (χ3v) is 4.56. The molecule has 8 heteroatoms. The highest BCUT2D eigenvalue weighted by molar-refractivity contribution is 5.95. The largest absolute Gasteiger partial charge is 0.482 e. The van der Waals surface area contributed by atoms with E-state index >= 15 is 0 Å². The van der Waals surface area contributed by atoms with E-state index in [1.54, 1.807) is 24.3 Å². The van der Waals surface area contributed by atoms with Gasteiger partial charge in [-0.2, -0.15) is 0 Å². The molecular weight excluding hydrogens is 388 g/mol. The van der Waals surface area contributed by atoms with E-state index in [4.69, 9.17) is 14.2 Å². The normalized spacial score (nSPS) is 14.5. The molecule has 1 N–H and O–H groups in total. The molecule has 1 aliphatic rings. The van der Waals surface area contributed by atoms with Crippen molar-refractivity contribution in [1.29, 1.82) is 0 Å². The number of amides is 1. The summed E-state index contributed by atoms with van der Waals surface area (Å²) in [5, 5.41) is 2.73. The summed E-state index contributed by atoms with van der Waals surface area (Å²) in [5.41, 5.74) is 2.19. The standard InChI is InChI=1S/C22H24N2O6/c1-16(30-21(26)15-29-20-8-2-17(14-25)3-9-20)22(27)23-18-4-6-19(7-5-18)24-10-12-28-13-11-24/h2-9,14,16H,10-13,15H2,1H3,(H,23,27)/t16-/m1/s1. The first-order valence-electron chi connectivity index (χ1n) is 9.66. The number of nitrogens with zero attached hydrogens (tertiary/aromatic N) is 1. The number of hydrogen-bond donors (Lipinski definition) is 1. The minimum absolute atomic E-state index is 0.341. The van der Waals surface area contributed by atoms with Gasteiger partial charge in [0, 0.05) is 30.0 Å². The van der Waals surface area contributed by atoms with Crippen LogP contribution in [0.4, 0.5) is 11.4 Å². The number of benzene rings is 2. The minimum Gasteiger partial charge on any atom is -0.482 e. The number of morpholine rings is 1. The van der Waals surface area contributed by atoms with Crippen LogP contribution in [-0.2, 0) is 19.1 Å². The molecule has 0 spiro atoms. The Morgan fingerprint density at radius 1 is 1.10 bits per heavy atom. The SMILES string of the molecule is C[C@@H](OC(=O)COc1ccc(C=O)cc1)C(=O)Nc1ccc(N2CCOCC2)cc1. The van der Waals surface area contributed by atoms with Crippen molar-refractivity contribution < 1.29 is 28.6 Å². The van der Waals surface area contributed by atoms with Crippen LogP contribution >= 0.6 is 0 Å². The highest BCUT2D eigenvalue weighted by Gasteiger charge is 2.19. The van der Waals surface area contributed by atoms with Crippen LogP contribution in [0.15, 0.2) is 48.5 Å². The molecule has 0 radical (unpaired) electrons. The van der Waals surface area contributed by atoms with E-state index in [0.717, 1.165) is 18.8 Å². The van der Waals surface area contributed by atoms with Crippen LogP contribution in [0.5, 0.6) is 5.75 Å². The van der Waals surface area contributed by atoms with Crippen molar-refractivity contribution in [2.45, 2.75) is 13.0 Å². The van der Waals surface area contributed by atoms with E-state index in [1.165, 1.54) is 6.92 Å². The Labute approximate surface area is 174 Å². The Balaban J connectivity index is 1.44. The van der Waals surface area contributed by atoms with E-state index in [0.29, 0.717) is 36.5 Å². The molecule has 1 atom stereocenters. The molecule has 1 saturated heterocycles. The predicted molar refractivity (Wildman–Crippen MR) is 111 cm³/mol. The first-order chi connectivity index (χ1) is 14.5. The van der Waals surface area contributed by atoms with Gasteiger partial charge < -0.3 is 24.4 Å². The Bertz CT molecular complexity index is 860. The monoisotopic (exact) mass is 412 g/mol. The van der Waals surface area contributed by atoms with Crippen LogP contribution in [0.1, 0.15) is 17.3 Å². The average molecular weight is 412 g/mol. The minimum atomic E-state index is -0.975. The number of anilines is 2. The maximum atomic E-state index is 12.3. The molecule has 1 amide bonds. The van der Waals surface area contributed by atoms with Crippen LogP contribution in [0.3, 0.4) is 0 Å². The van der Waals surface area contributed by atoms with Crippen molar-refractivity contribution in [3.8, 4) is 5.75 Å². The van der Waals surface area contributed by atoms with Gasteiger partial charge in [0.2, 0.25) is 0 Å². The summed E-state index contributed by atoms with van der Waals surface area (Å²) in [6.45, 7) is 4.23. The number of ether oxygens (including phenoxy) is 3. The second-order valence-corrected chi connectivity index (χ2v) is 6.74. The van der Waals surface area contributed by atoms with Gasteiger partial charge >= 0.3 is 5.97 Å². The Kier molecular flexibility index (Phi) is 7.40. The molecule has 158 valence electrons. The lowest BCUT2D eigenvalue weighted by molar-refractivity contribution is -0.155. The zero-order valence-electron chi connectivity index (χ0n) is 16.7. The summed E-state index contributed by atoms with van der Waals surface area (Å²) >= 11 is 0. The van der Waals surface area contributed by atoms with E-state index in [2.05, 4.69) is 10.2 Å². The maximum Gasteiger partial charge on any atom is 0.344 e. The number of aldehydes is 1. The molecular formula is C22H24N2O6. The van der Waals surface area contributed by atoms with Gasteiger partial charge in [0.15, 0.2) is 12.7 Å². The summed E-state index contributed by atoms with van der Waals surface area (Å²) in [7, 11) is 0. The topological polar surface area (TPSA) is 94.2 Å². The smallest absolute Gasteiger partial charge is 0.344 e. The predicted octanol–water partition coefficient (Wildman–Crippen LogP) is 2.28. The van der Waals surface area contributed by atoms with Crippen LogP contribution < -0.4 is 15.0 Å². The highest BCUT2D eigenvalue weighted by atomic mass is 16.6. The Morgan fingerprint density at radius 2 is 1.77 bits per heavy atom. The van der Waals surface area contributed by atoms with Gasteiger partial charge in [0.05, 0.1) is 13.2 Å². The second kappa shape index (κ2) is 10.4. The summed E-state index contributed by atoms with van der Waals surface area (Å²) in [6, 6.07) is 13.8. The number of esters is 1. The van der Waals surface area contributed by atoms with Crippen LogP contribution in [0.2, 0.25) is 0 Å². The Morgan fingerprint density at radius 3 is 2.40 bits per heavy atom. The quantitative estimate of drug-likeness (QED) is 0.525. The molecule has 2 aromatic carbocycles. The number of nitrogens with one attached hydrogen (secondary N) is 1. The molecule has 30 heavy (non-hydrogen) atoms. The summed E-state index contributed by atoms with van der Waals surface area (Å²) in [6.07, 6.45) is -0.258. The van der Waals surface area contributed by atoms with Crippen molar-refractivity contribution in [2.75, 3.05) is 43.1 Å². The van der Waals surface area contributed by atoms with E-state index in [9.17, 15) is 14.4 Å². The number of rotatable bonds is 8. The second-order valence-electron chi connectivity index (χ2n) is 6.74. The number of hydrogen-bond acceptors (Lipinski definition) is 7. The zero-order chi connectivity index (χ0) is 21.3. The molecule has 3 rings (SSSR count). The van der Waals surface area contributed by atoms with Crippen molar-refractivity contribution in [3.05, 3.63) is 54.1 Å². The van der Waals surface area contributed by atoms with Gasteiger partial charge in [-0.3, -0.25) is 9.59 Å². The first-order valence-corrected chi connectivity index (χ1v) is 9.66. The van der Waals surface area contributed by atoms with Gasteiger partial charge in [-0.25, -0.2) is 4.79 Å². The molecule has 1 heterocycles. The van der Waals surface area contributed by atoms with Crippen molar-refractivity contribution in [3.63, 3.8) is 0 Å². The zero-order valence-corrected chi connectivity index (χ0v) is 16.7. The molecule has 1 aliphatic heterocycles. The van der Waals surface area contributed by atoms with Crippen LogP contribution in [0, 0.1) is 0 Å². The van der Waals surface area contributed by atoms with Gasteiger partial charge in [0.25, 0.3) is 5.91 Å². The fraction of sp³-hybridized carbons (Fsp3) is 0.318. The van der Waals surface area contributed by atoms with Gasteiger partial charge in [0.1, 0.15) is 12.0 Å². The maximum absolute atomic E-state index is 12.3. The van der Waals surface area contributed by atoms with Gasteiger partial charge in [-0.05, 0) is 55.5 Å². The summed E-state index contributed by atoms with van der Waals surface area (Å²) in [4.78, 5) is 37.1. The molecule has 0 aromatic heterocycles. The molecule has 0 unspecified atom stereocenters. The lowest BCUT2D eigenvalue weighted by atomic mass is 10.2. The molecule has 0 saturated carbocycles. The molecule has 0 bridgehead atoms. The molecule has 0 aliphatic carbocycles. The number of carbonyl (C=O) groups excluding carboxylic acids is 3. The van der Waals surface area contributed by atoms with Crippen LogP contribution in [-0.4, -0.2) is 57.2 Å². The van der Waals surface area contributed by atoms with E-state index in [-0.39, 0.29) is 6.61 Å². The summed E-state index contributed by atoms with van der Waals surface area (Å²) < 4.78 is 15.8. The van der Waals surface area contributed by atoms with Gasteiger partial charge in [-0.1, -0.05) is 0 Å². The third-order valence-electron chi connectivity index (χ3n) is 4.56. The van der Waals surface area contributed by atoms with Crippen molar-refractivity contribution in [1.82, 2.24) is 0 Å². The first kappa shape index (κ1) is 21.3. The van der Waals surface area contributed by atoms with Gasteiger partial charge in [-0.15, -0.1) is 0 Å². The van der Waals surface area contributed by atoms with Crippen LogP contribution in [0.25, 0.3) is 0 Å². The van der Waals surface area contributed by atoms with E-state index in [1.807, 2.05) is 24.3 Å². The Hall–Kier alpha value is -3.39. The lowest BCUT2D eigenvalue weighted by Gasteiger charge is -2.28. The van der Waals surface area contributed by atoms with Crippen molar-refractivity contribution in [2.24, 2.45) is 0 Å². The molecule has 8 nitrogen and oxygen atoms in total. The molecule has 1 fully saturated rings.